The predicted molar refractivity (Wildman–Crippen MR) is 90.3 cm³/mol. The van der Waals surface area contributed by atoms with Crippen molar-refractivity contribution in [1.82, 2.24) is 9.97 Å². The Labute approximate surface area is 131 Å². The van der Waals surface area contributed by atoms with Crippen molar-refractivity contribution >= 4 is 23.4 Å². The summed E-state index contributed by atoms with van der Waals surface area (Å²) in [6, 6.07) is 2.06. The van der Waals surface area contributed by atoms with E-state index in [1.807, 2.05) is 11.8 Å². The maximum atomic E-state index is 5.20. The second kappa shape index (κ2) is 7.31. The maximum Gasteiger partial charge on any atom is 0.158 e. The van der Waals surface area contributed by atoms with Gasteiger partial charge in [-0.2, -0.15) is 11.8 Å². The molecule has 6 heteroatoms. The summed E-state index contributed by atoms with van der Waals surface area (Å²) in [5.41, 5.74) is 0. The van der Waals surface area contributed by atoms with E-state index in [1.165, 1.54) is 0 Å². The first-order chi connectivity index (χ1) is 10.0. The third-order valence-electron chi connectivity index (χ3n) is 3.34. The Kier molecular flexibility index (Phi) is 5.70. The molecule has 0 spiro atoms. The molecule has 1 saturated heterocycles. The molecule has 0 radical (unpaired) electrons. The van der Waals surface area contributed by atoms with Gasteiger partial charge in [-0.3, -0.25) is 0 Å². The van der Waals surface area contributed by atoms with E-state index in [-0.39, 0.29) is 4.75 Å². The molecule has 1 aliphatic heterocycles. The predicted octanol–water partition coefficient (Wildman–Crippen LogP) is 2.78. The molecule has 1 aromatic rings. The summed E-state index contributed by atoms with van der Waals surface area (Å²) < 4.78 is 5.46. The lowest BCUT2D eigenvalue weighted by Crippen LogP contribution is -2.43. The van der Waals surface area contributed by atoms with E-state index < -0.39 is 0 Å². The van der Waals surface area contributed by atoms with Crippen LogP contribution in [0.2, 0.25) is 0 Å². The van der Waals surface area contributed by atoms with Crippen molar-refractivity contribution in [3.8, 4) is 0 Å². The molecule has 1 aromatic heterocycles. The van der Waals surface area contributed by atoms with E-state index in [4.69, 9.17) is 4.74 Å². The molecular weight excluding hydrogens is 284 g/mol. The zero-order valence-electron chi connectivity index (χ0n) is 13.5. The van der Waals surface area contributed by atoms with Gasteiger partial charge >= 0.3 is 0 Å². The van der Waals surface area contributed by atoms with Crippen molar-refractivity contribution in [3.63, 3.8) is 0 Å². The molecule has 21 heavy (non-hydrogen) atoms. The summed E-state index contributed by atoms with van der Waals surface area (Å²) >= 11 is 2.03. The minimum atomic E-state index is 0.266. The van der Waals surface area contributed by atoms with Gasteiger partial charge in [-0.25, -0.2) is 9.97 Å². The first-order valence-corrected chi connectivity index (χ1v) is 8.52. The fourth-order valence-electron chi connectivity index (χ4n) is 2.39. The Morgan fingerprint density at radius 1 is 1.43 bits per heavy atom. The monoisotopic (exact) mass is 310 g/mol. The van der Waals surface area contributed by atoms with Crippen molar-refractivity contribution in [2.24, 2.45) is 0 Å². The van der Waals surface area contributed by atoms with Gasteiger partial charge in [-0.05, 0) is 20.3 Å². The van der Waals surface area contributed by atoms with Gasteiger partial charge in [0.15, 0.2) is 5.82 Å². The molecule has 2 heterocycles. The average Bonchev–Trinajstić information content (AvgIpc) is 2.44. The van der Waals surface area contributed by atoms with Gasteiger partial charge in [0.1, 0.15) is 18.2 Å². The van der Waals surface area contributed by atoms with Gasteiger partial charge in [0, 0.05) is 43.3 Å². The smallest absolute Gasteiger partial charge is 0.158 e. The lowest BCUT2D eigenvalue weighted by atomic mass is 10.2. The third kappa shape index (κ3) is 4.74. The van der Waals surface area contributed by atoms with Crippen molar-refractivity contribution in [2.75, 3.05) is 42.7 Å². The van der Waals surface area contributed by atoms with Crippen molar-refractivity contribution < 1.29 is 4.74 Å². The Balaban J connectivity index is 2.21. The molecule has 0 amide bonds. The van der Waals surface area contributed by atoms with Crippen LogP contribution in [0.25, 0.3) is 0 Å². The number of hydrogen-bond donors (Lipinski definition) is 1. The summed E-state index contributed by atoms with van der Waals surface area (Å²) in [7, 11) is 1.68. The zero-order chi connectivity index (χ0) is 15.3. The van der Waals surface area contributed by atoms with E-state index in [1.54, 1.807) is 7.11 Å². The summed E-state index contributed by atoms with van der Waals surface area (Å²) in [6.07, 6.45) is 1.08. The molecule has 118 valence electrons. The molecule has 1 N–H and O–H groups in total. The van der Waals surface area contributed by atoms with Gasteiger partial charge in [0.05, 0.1) is 0 Å². The van der Waals surface area contributed by atoms with Crippen LogP contribution >= 0.6 is 11.8 Å². The first kappa shape index (κ1) is 16.4. The summed E-state index contributed by atoms with van der Waals surface area (Å²) in [4.78, 5) is 11.5. The molecule has 1 aliphatic rings. The summed E-state index contributed by atoms with van der Waals surface area (Å²) in [5.74, 6) is 3.77. The Bertz CT molecular complexity index is 467. The fourth-order valence-corrected chi connectivity index (χ4v) is 3.51. The van der Waals surface area contributed by atoms with Crippen LogP contribution in [0.1, 0.15) is 33.0 Å². The lowest BCUT2D eigenvalue weighted by molar-refractivity contribution is 0.178. The van der Waals surface area contributed by atoms with E-state index >= 15 is 0 Å². The molecule has 5 nitrogen and oxygen atoms in total. The highest BCUT2D eigenvalue weighted by Crippen LogP contribution is 2.32. The van der Waals surface area contributed by atoms with E-state index in [2.05, 4.69) is 47.0 Å². The SMILES string of the molecule is CCCNc1cc(N2CCSC(C)(C)C2)nc(COC)n1. The topological polar surface area (TPSA) is 50.3 Å². The van der Waals surface area contributed by atoms with Crippen LogP contribution in [0.4, 0.5) is 11.6 Å². The molecule has 0 saturated carbocycles. The second-order valence-corrected chi connectivity index (χ2v) is 7.72. The van der Waals surface area contributed by atoms with Gasteiger partial charge in [0.2, 0.25) is 0 Å². The van der Waals surface area contributed by atoms with Crippen LogP contribution in [0, 0.1) is 0 Å². The number of thioether (sulfide) groups is 1. The van der Waals surface area contributed by atoms with E-state index in [0.717, 1.165) is 49.3 Å². The van der Waals surface area contributed by atoms with Gasteiger partial charge in [-0.1, -0.05) is 6.92 Å². The number of rotatable bonds is 6. The zero-order valence-corrected chi connectivity index (χ0v) is 14.3. The largest absolute Gasteiger partial charge is 0.377 e. The van der Waals surface area contributed by atoms with Crippen LogP contribution in [0.3, 0.4) is 0 Å². The van der Waals surface area contributed by atoms with Gasteiger partial charge in [0.25, 0.3) is 0 Å². The molecular formula is C15H26N4OS. The summed E-state index contributed by atoms with van der Waals surface area (Å²) in [6.45, 7) is 10.1. The number of methoxy groups -OCH3 is 1. The Morgan fingerprint density at radius 3 is 2.90 bits per heavy atom. The Morgan fingerprint density at radius 2 is 2.24 bits per heavy atom. The molecule has 2 rings (SSSR count). The molecule has 1 fully saturated rings. The number of hydrogen-bond acceptors (Lipinski definition) is 6. The average molecular weight is 310 g/mol. The molecule has 0 unspecified atom stereocenters. The number of anilines is 2. The van der Waals surface area contributed by atoms with Crippen LogP contribution in [0.15, 0.2) is 6.07 Å². The second-order valence-electron chi connectivity index (χ2n) is 5.92. The van der Waals surface area contributed by atoms with Crippen LogP contribution in [-0.4, -0.2) is 47.2 Å². The molecule has 0 atom stereocenters. The van der Waals surface area contributed by atoms with E-state index in [0.29, 0.717) is 6.61 Å². The molecule has 0 bridgehead atoms. The van der Waals surface area contributed by atoms with Gasteiger partial charge in [-0.15, -0.1) is 0 Å². The minimum absolute atomic E-state index is 0.266. The van der Waals surface area contributed by atoms with E-state index in [9.17, 15) is 0 Å². The number of nitrogens with zero attached hydrogens (tertiary/aromatic N) is 3. The highest BCUT2D eigenvalue weighted by atomic mass is 32.2. The quantitative estimate of drug-likeness (QED) is 0.872. The standard InChI is InChI=1S/C15H26N4OS/c1-5-6-16-12-9-14(18-13(17-12)10-20-4)19-7-8-21-15(2,3)11-19/h9H,5-8,10-11H2,1-4H3,(H,16,17,18). The normalized spacial score (nSPS) is 17.8. The van der Waals surface area contributed by atoms with Crippen molar-refractivity contribution in [3.05, 3.63) is 11.9 Å². The van der Waals surface area contributed by atoms with Crippen molar-refractivity contribution in [2.45, 2.75) is 38.5 Å². The van der Waals surface area contributed by atoms with Crippen LogP contribution in [-0.2, 0) is 11.3 Å². The first-order valence-electron chi connectivity index (χ1n) is 7.54. The molecule has 0 aliphatic carbocycles. The van der Waals surface area contributed by atoms with Gasteiger partial charge < -0.3 is 15.0 Å². The number of nitrogens with one attached hydrogen (secondary N) is 1. The van der Waals surface area contributed by atoms with Crippen molar-refractivity contribution in [1.29, 1.82) is 0 Å². The fraction of sp³-hybridized carbons (Fsp3) is 0.733. The third-order valence-corrected chi connectivity index (χ3v) is 4.64. The number of aromatic nitrogens is 2. The minimum Gasteiger partial charge on any atom is -0.377 e. The number of ether oxygens (including phenoxy) is 1. The lowest BCUT2D eigenvalue weighted by Gasteiger charge is -2.38. The maximum absolute atomic E-state index is 5.20. The Hall–Kier alpha value is -1.01. The summed E-state index contributed by atoms with van der Waals surface area (Å²) in [5, 5.41) is 3.35. The van der Waals surface area contributed by atoms with Crippen LogP contribution < -0.4 is 10.2 Å². The molecule has 0 aromatic carbocycles. The van der Waals surface area contributed by atoms with Crippen LogP contribution in [0.5, 0.6) is 0 Å². The highest BCUT2D eigenvalue weighted by molar-refractivity contribution is 8.00. The highest BCUT2D eigenvalue weighted by Gasteiger charge is 2.28.